The summed E-state index contributed by atoms with van der Waals surface area (Å²) in [7, 11) is 0. The number of nitrogens with one attached hydrogen (secondary N) is 1. The molecule has 0 fully saturated rings. The average molecular weight is 508 g/mol. The first-order chi connectivity index (χ1) is 15.6. The number of thioether (sulfide) groups is 1. The molecule has 1 amide bonds. The molecule has 1 heterocycles. The zero-order valence-electron chi connectivity index (χ0n) is 16.7. The highest BCUT2D eigenvalue weighted by atomic mass is 79.9. The second kappa shape index (κ2) is 10.3. The van der Waals surface area contributed by atoms with E-state index in [4.69, 9.17) is 0 Å². The van der Waals surface area contributed by atoms with E-state index in [0.29, 0.717) is 11.0 Å². The van der Waals surface area contributed by atoms with Crippen LogP contribution in [0.2, 0.25) is 0 Å². The summed E-state index contributed by atoms with van der Waals surface area (Å²) in [5, 5.41) is 22.6. The van der Waals surface area contributed by atoms with E-state index in [1.807, 2.05) is 59.2 Å². The van der Waals surface area contributed by atoms with Crippen LogP contribution in [-0.2, 0) is 4.79 Å². The molecule has 4 aromatic rings. The van der Waals surface area contributed by atoms with E-state index < -0.39 is 0 Å². The molecule has 0 radical (unpaired) electrons. The number of hydrazone groups is 1. The number of carbonyl (C=O) groups excluding carboxylic acids is 1. The van der Waals surface area contributed by atoms with Gasteiger partial charge in [0.05, 0.1) is 12.0 Å². The second-order valence-corrected chi connectivity index (χ2v) is 8.52. The molecule has 0 saturated carbocycles. The van der Waals surface area contributed by atoms with Crippen LogP contribution in [0.3, 0.4) is 0 Å². The topological polar surface area (TPSA) is 92.4 Å². The Balaban J connectivity index is 1.50. The zero-order valence-corrected chi connectivity index (χ0v) is 19.1. The Bertz CT molecular complexity index is 1240. The van der Waals surface area contributed by atoms with Crippen molar-refractivity contribution in [1.82, 2.24) is 20.2 Å². The van der Waals surface area contributed by atoms with Crippen molar-refractivity contribution in [3.05, 3.63) is 88.9 Å². The maximum absolute atomic E-state index is 12.3. The minimum Gasteiger partial charge on any atom is -0.508 e. The van der Waals surface area contributed by atoms with Crippen molar-refractivity contribution in [2.24, 2.45) is 5.10 Å². The summed E-state index contributed by atoms with van der Waals surface area (Å²) in [5.74, 6) is 0.714. The molecule has 4 rings (SSSR count). The molecule has 1 aromatic heterocycles. The molecule has 0 unspecified atom stereocenters. The van der Waals surface area contributed by atoms with Crippen molar-refractivity contribution in [2.75, 3.05) is 5.75 Å². The van der Waals surface area contributed by atoms with Gasteiger partial charge >= 0.3 is 0 Å². The first-order valence-corrected chi connectivity index (χ1v) is 11.4. The fourth-order valence-electron chi connectivity index (χ4n) is 2.89. The maximum Gasteiger partial charge on any atom is 0.250 e. The van der Waals surface area contributed by atoms with Crippen LogP contribution < -0.4 is 5.43 Å². The number of hydrogen-bond acceptors (Lipinski definition) is 6. The summed E-state index contributed by atoms with van der Waals surface area (Å²) < 4.78 is 2.87. The van der Waals surface area contributed by atoms with Crippen molar-refractivity contribution in [2.45, 2.75) is 5.16 Å². The molecule has 0 aliphatic heterocycles. The summed E-state index contributed by atoms with van der Waals surface area (Å²) in [6, 6.07) is 24.1. The highest BCUT2D eigenvalue weighted by molar-refractivity contribution is 9.10. The number of nitrogens with zero attached hydrogens (tertiary/aromatic N) is 4. The molecular formula is C23H18BrN5O2S. The molecule has 7 nitrogen and oxygen atoms in total. The summed E-state index contributed by atoms with van der Waals surface area (Å²) in [6.45, 7) is 0. The Morgan fingerprint density at radius 2 is 1.84 bits per heavy atom. The molecule has 0 atom stereocenters. The zero-order chi connectivity index (χ0) is 22.3. The van der Waals surface area contributed by atoms with Gasteiger partial charge in [0.2, 0.25) is 0 Å². The average Bonchev–Trinajstić information content (AvgIpc) is 3.24. The van der Waals surface area contributed by atoms with E-state index in [9.17, 15) is 9.90 Å². The lowest BCUT2D eigenvalue weighted by molar-refractivity contribution is -0.118. The molecule has 0 bridgehead atoms. The predicted molar refractivity (Wildman–Crippen MR) is 129 cm³/mol. The number of aromatic hydroxyl groups is 1. The van der Waals surface area contributed by atoms with Crippen LogP contribution >= 0.6 is 27.7 Å². The number of rotatable bonds is 7. The molecule has 0 spiro atoms. The Morgan fingerprint density at radius 3 is 2.59 bits per heavy atom. The smallest absolute Gasteiger partial charge is 0.250 e. The van der Waals surface area contributed by atoms with Crippen LogP contribution in [-0.4, -0.2) is 37.7 Å². The third-order valence-corrected chi connectivity index (χ3v) is 5.78. The van der Waals surface area contributed by atoms with E-state index >= 15 is 0 Å². The van der Waals surface area contributed by atoms with Gasteiger partial charge in [0, 0.05) is 15.7 Å². The van der Waals surface area contributed by atoms with E-state index in [1.165, 1.54) is 18.0 Å². The van der Waals surface area contributed by atoms with Gasteiger partial charge < -0.3 is 5.11 Å². The van der Waals surface area contributed by atoms with Gasteiger partial charge in [-0.15, -0.1) is 10.2 Å². The molecule has 32 heavy (non-hydrogen) atoms. The third kappa shape index (κ3) is 5.43. The number of benzene rings is 3. The normalized spacial score (nSPS) is 11.0. The molecular weight excluding hydrogens is 490 g/mol. The number of carbonyl (C=O) groups is 1. The monoisotopic (exact) mass is 507 g/mol. The minimum atomic E-state index is -0.267. The number of para-hydroxylation sites is 1. The molecule has 2 N–H and O–H groups in total. The first-order valence-electron chi connectivity index (χ1n) is 9.60. The molecule has 9 heteroatoms. The van der Waals surface area contributed by atoms with Crippen LogP contribution in [0, 0.1) is 0 Å². The summed E-state index contributed by atoms with van der Waals surface area (Å²) in [4.78, 5) is 12.3. The summed E-state index contributed by atoms with van der Waals surface area (Å²) >= 11 is 4.78. The Hall–Kier alpha value is -3.43. The van der Waals surface area contributed by atoms with Gasteiger partial charge in [-0.05, 0) is 54.1 Å². The van der Waals surface area contributed by atoms with E-state index in [1.54, 1.807) is 24.3 Å². The fourth-order valence-corrected chi connectivity index (χ4v) is 4.03. The molecule has 160 valence electrons. The standard InChI is InChI=1S/C23H18BrN5O2S/c24-18-6-4-5-17(13-18)22-27-28-23(29(22)19-7-2-1-3-8-19)32-15-21(31)26-25-14-16-9-11-20(30)12-10-16/h1-14,30H,15H2,(H,26,31)/b25-14+. The number of phenolic OH excluding ortho intramolecular Hbond substituents is 1. The van der Waals surface area contributed by atoms with Gasteiger partial charge in [0.15, 0.2) is 11.0 Å². The van der Waals surface area contributed by atoms with Gasteiger partial charge in [-0.25, -0.2) is 5.43 Å². The van der Waals surface area contributed by atoms with Crippen molar-refractivity contribution in [3.8, 4) is 22.8 Å². The predicted octanol–water partition coefficient (Wildman–Crippen LogP) is 4.64. The lowest BCUT2D eigenvalue weighted by Gasteiger charge is -2.10. The van der Waals surface area contributed by atoms with Crippen molar-refractivity contribution >= 4 is 39.8 Å². The Morgan fingerprint density at radius 1 is 1.06 bits per heavy atom. The number of halogens is 1. The summed E-state index contributed by atoms with van der Waals surface area (Å²) in [6.07, 6.45) is 1.51. The maximum atomic E-state index is 12.3. The largest absolute Gasteiger partial charge is 0.508 e. The van der Waals surface area contributed by atoms with E-state index in [2.05, 4.69) is 36.7 Å². The highest BCUT2D eigenvalue weighted by Crippen LogP contribution is 2.29. The fraction of sp³-hybridized carbons (Fsp3) is 0.0435. The molecule has 0 saturated heterocycles. The van der Waals surface area contributed by atoms with Gasteiger partial charge in [-0.3, -0.25) is 9.36 Å². The highest BCUT2D eigenvalue weighted by Gasteiger charge is 2.17. The van der Waals surface area contributed by atoms with Gasteiger partial charge in [-0.1, -0.05) is 58.0 Å². The van der Waals surface area contributed by atoms with Gasteiger partial charge in [-0.2, -0.15) is 5.10 Å². The minimum absolute atomic E-state index is 0.121. The van der Waals surface area contributed by atoms with Crippen molar-refractivity contribution in [1.29, 1.82) is 0 Å². The van der Waals surface area contributed by atoms with Crippen molar-refractivity contribution in [3.63, 3.8) is 0 Å². The van der Waals surface area contributed by atoms with Crippen LogP contribution in [0.1, 0.15) is 5.56 Å². The Labute approximate surface area is 197 Å². The molecule has 3 aromatic carbocycles. The van der Waals surface area contributed by atoms with E-state index in [-0.39, 0.29) is 17.4 Å². The lowest BCUT2D eigenvalue weighted by atomic mass is 10.2. The second-order valence-electron chi connectivity index (χ2n) is 6.66. The van der Waals surface area contributed by atoms with Crippen LogP contribution in [0.4, 0.5) is 0 Å². The van der Waals surface area contributed by atoms with Gasteiger partial charge in [0.25, 0.3) is 5.91 Å². The first kappa shape index (κ1) is 21.8. The SMILES string of the molecule is O=C(CSc1nnc(-c2cccc(Br)c2)n1-c1ccccc1)N/N=C/c1ccc(O)cc1. The number of aromatic nitrogens is 3. The van der Waals surface area contributed by atoms with Crippen LogP contribution in [0.5, 0.6) is 5.75 Å². The third-order valence-electron chi connectivity index (χ3n) is 4.36. The Kier molecular flexibility index (Phi) is 6.98. The van der Waals surface area contributed by atoms with Gasteiger partial charge in [0.1, 0.15) is 5.75 Å². The summed E-state index contributed by atoms with van der Waals surface area (Å²) in [5.41, 5.74) is 5.08. The van der Waals surface area contributed by atoms with Crippen molar-refractivity contribution < 1.29 is 9.90 Å². The van der Waals surface area contributed by atoms with E-state index in [0.717, 1.165) is 21.3 Å². The molecule has 0 aliphatic carbocycles. The quantitative estimate of drug-likeness (QED) is 0.216. The number of amides is 1. The van der Waals surface area contributed by atoms with Crippen LogP contribution in [0.25, 0.3) is 17.1 Å². The lowest BCUT2D eigenvalue weighted by Crippen LogP contribution is -2.20. The number of hydrogen-bond donors (Lipinski definition) is 2. The molecule has 0 aliphatic rings. The number of phenols is 1. The van der Waals surface area contributed by atoms with Crippen LogP contribution in [0.15, 0.2) is 93.6 Å².